The molecule has 0 bridgehead atoms. The highest BCUT2D eigenvalue weighted by Crippen LogP contribution is 2.33. The number of aromatic nitrogens is 1. The molecule has 122 valence electrons. The second kappa shape index (κ2) is 5.96. The van der Waals surface area contributed by atoms with E-state index in [-0.39, 0.29) is 5.56 Å². The number of nitrogens with zero attached hydrogens (tertiary/aromatic N) is 1. The van der Waals surface area contributed by atoms with Crippen molar-refractivity contribution in [3.63, 3.8) is 0 Å². The first-order valence-electron chi connectivity index (χ1n) is 7.71. The van der Waals surface area contributed by atoms with E-state index in [9.17, 15) is 9.90 Å². The fourth-order valence-corrected chi connectivity index (χ4v) is 3.08. The van der Waals surface area contributed by atoms with Gasteiger partial charge in [0.1, 0.15) is 5.75 Å². The second-order valence-corrected chi connectivity index (χ2v) is 6.04. The topological polar surface area (TPSA) is 59.4 Å². The Morgan fingerprint density at radius 2 is 1.79 bits per heavy atom. The number of hydrogen-bond acceptors (Lipinski definition) is 3. The van der Waals surface area contributed by atoms with Crippen LogP contribution in [0.4, 0.5) is 0 Å². The lowest BCUT2D eigenvalue weighted by atomic mass is 9.98. The average molecular weight is 321 g/mol. The van der Waals surface area contributed by atoms with Crippen molar-refractivity contribution in [2.75, 3.05) is 7.11 Å². The van der Waals surface area contributed by atoms with Gasteiger partial charge < -0.3 is 9.84 Å². The Bertz CT molecular complexity index is 961. The largest absolute Gasteiger partial charge is 0.496 e. The molecule has 3 aromatic rings. The van der Waals surface area contributed by atoms with Gasteiger partial charge in [0.25, 0.3) is 0 Å². The Morgan fingerprint density at radius 1 is 1.04 bits per heavy atom. The molecule has 2 aromatic carbocycles. The summed E-state index contributed by atoms with van der Waals surface area (Å²) in [6.07, 6.45) is 0. The smallest absolute Gasteiger partial charge is 0.336 e. The number of methoxy groups -OCH3 is 1. The van der Waals surface area contributed by atoms with Crippen LogP contribution in [-0.2, 0) is 0 Å². The Balaban J connectivity index is 2.39. The molecular formula is C20H19NO3. The van der Waals surface area contributed by atoms with Crippen molar-refractivity contribution >= 4 is 16.9 Å². The third kappa shape index (κ3) is 2.71. The number of benzene rings is 2. The fourth-order valence-electron chi connectivity index (χ4n) is 3.08. The van der Waals surface area contributed by atoms with Crippen LogP contribution in [-0.4, -0.2) is 23.2 Å². The molecule has 0 aliphatic carbocycles. The minimum absolute atomic E-state index is 0.260. The monoisotopic (exact) mass is 321 g/mol. The van der Waals surface area contributed by atoms with Crippen molar-refractivity contribution in [2.24, 2.45) is 0 Å². The van der Waals surface area contributed by atoms with Crippen molar-refractivity contribution in [3.8, 4) is 17.0 Å². The lowest BCUT2D eigenvalue weighted by molar-refractivity contribution is 0.0699. The second-order valence-electron chi connectivity index (χ2n) is 6.04. The van der Waals surface area contributed by atoms with E-state index in [0.29, 0.717) is 22.3 Å². The lowest BCUT2D eigenvalue weighted by Crippen LogP contribution is -2.02. The van der Waals surface area contributed by atoms with Crippen LogP contribution < -0.4 is 4.74 Å². The predicted octanol–water partition coefficient (Wildman–Crippen LogP) is 4.53. The molecular weight excluding hydrogens is 302 g/mol. The van der Waals surface area contributed by atoms with E-state index in [2.05, 4.69) is 0 Å². The maximum Gasteiger partial charge on any atom is 0.336 e. The third-order valence-electron chi connectivity index (χ3n) is 4.11. The number of ether oxygens (including phenoxy) is 1. The van der Waals surface area contributed by atoms with E-state index in [1.54, 1.807) is 13.2 Å². The minimum atomic E-state index is -0.956. The Labute approximate surface area is 140 Å². The van der Waals surface area contributed by atoms with E-state index < -0.39 is 5.97 Å². The molecule has 1 heterocycles. The van der Waals surface area contributed by atoms with Crippen molar-refractivity contribution in [1.82, 2.24) is 4.98 Å². The van der Waals surface area contributed by atoms with Crippen LogP contribution >= 0.6 is 0 Å². The van der Waals surface area contributed by atoms with Gasteiger partial charge in [-0.2, -0.15) is 0 Å². The van der Waals surface area contributed by atoms with Gasteiger partial charge in [-0.05, 0) is 56.2 Å². The molecule has 24 heavy (non-hydrogen) atoms. The summed E-state index contributed by atoms with van der Waals surface area (Å²) in [7, 11) is 1.60. The summed E-state index contributed by atoms with van der Waals surface area (Å²) in [5.41, 5.74) is 5.37. The molecule has 0 unspecified atom stereocenters. The number of aryl methyl sites for hydroxylation is 3. The Kier molecular flexibility index (Phi) is 3.97. The van der Waals surface area contributed by atoms with Crippen molar-refractivity contribution < 1.29 is 14.6 Å². The summed E-state index contributed by atoms with van der Waals surface area (Å²) >= 11 is 0. The predicted molar refractivity (Wildman–Crippen MR) is 94.9 cm³/mol. The Hall–Kier alpha value is -2.88. The molecule has 1 aromatic heterocycles. The van der Waals surface area contributed by atoms with Crippen LogP contribution in [0.5, 0.6) is 5.75 Å². The highest BCUT2D eigenvalue weighted by Gasteiger charge is 2.17. The molecule has 1 N–H and O–H groups in total. The molecule has 0 aliphatic heterocycles. The van der Waals surface area contributed by atoms with Gasteiger partial charge in [0.05, 0.1) is 23.9 Å². The van der Waals surface area contributed by atoms with Gasteiger partial charge in [-0.15, -0.1) is 0 Å². The van der Waals surface area contributed by atoms with Crippen LogP contribution in [0.1, 0.15) is 27.0 Å². The molecule has 4 heteroatoms. The minimum Gasteiger partial charge on any atom is -0.496 e. The first-order valence-corrected chi connectivity index (χ1v) is 7.71. The van der Waals surface area contributed by atoms with Gasteiger partial charge >= 0.3 is 5.97 Å². The van der Waals surface area contributed by atoms with Crippen LogP contribution in [0, 0.1) is 20.8 Å². The number of carboxylic acids is 1. The maximum absolute atomic E-state index is 11.8. The zero-order chi connectivity index (χ0) is 17.4. The van der Waals surface area contributed by atoms with Gasteiger partial charge in [0.2, 0.25) is 0 Å². The van der Waals surface area contributed by atoms with Gasteiger partial charge in [-0.25, -0.2) is 9.78 Å². The standard InChI is InChI=1S/C20H19NO3/c1-11-5-6-18(24-4)14(8-11)16-10-15(20(22)23)19-13(3)7-12(2)9-17(19)21-16/h5-10H,1-4H3,(H,22,23). The molecule has 4 nitrogen and oxygen atoms in total. The molecule has 3 rings (SSSR count). The van der Waals surface area contributed by atoms with Crippen LogP contribution in [0.3, 0.4) is 0 Å². The number of carbonyl (C=O) groups is 1. The third-order valence-corrected chi connectivity index (χ3v) is 4.11. The van der Waals surface area contributed by atoms with E-state index in [1.807, 2.05) is 51.1 Å². The normalized spacial score (nSPS) is 10.8. The summed E-state index contributed by atoms with van der Waals surface area (Å²) < 4.78 is 5.43. The molecule has 0 radical (unpaired) electrons. The molecule has 0 aliphatic rings. The first kappa shape index (κ1) is 16.0. The Morgan fingerprint density at radius 3 is 2.46 bits per heavy atom. The van der Waals surface area contributed by atoms with Crippen LogP contribution in [0.2, 0.25) is 0 Å². The maximum atomic E-state index is 11.8. The van der Waals surface area contributed by atoms with Crippen LogP contribution in [0.15, 0.2) is 36.4 Å². The number of fused-ring (bicyclic) bond motifs is 1. The van der Waals surface area contributed by atoms with Crippen molar-refractivity contribution in [2.45, 2.75) is 20.8 Å². The summed E-state index contributed by atoms with van der Waals surface area (Å²) in [6, 6.07) is 11.3. The van der Waals surface area contributed by atoms with Crippen molar-refractivity contribution in [3.05, 3.63) is 58.7 Å². The summed E-state index contributed by atoms with van der Waals surface area (Å²) in [6.45, 7) is 5.88. The quantitative estimate of drug-likeness (QED) is 0.769. The fraction of sp³-hybridized carbons (Fsp3) is 0.200. The van der Waals surface area contributed by atoms with E-state index in [4.69, 9.17) is 9.72 Å². The highest BCUT2D eigenvalue weighted by molar-refractivity contribution is 6.05. The van der Waals surface area contributed by atoms with Crippen LogP contribution in [0.25, 0.3) is 22.2 Å². The SMILES string of the molecule is COc1ccc(C)cc1-c1cc(C(=O)O)c2c(C)cc(C)cc2n1. The van der Waals surface area contributed by atoms with E-state index in [0.717, 1.165) is 22.3 Å². The van der Waals surface area contributed by atoms with E-state index >= 15 is 0 Å². The summed E-state index contributed by atoms with van der Waals surface area (Å²) in [5, 5.41) is 10.4. The number of rotatable bonds is 3. The number of aromatic carboxylic acids is 1. The van der Waals surface area contributed by atoms with Crippen molar-refractivity contribution in [1.29, 1.82) is 0 Å². The summed E-state index contributed by atoms with van der Waals surface area (Å²) in [4.78, 5) is 16.5. The van der Waals surface area contributed by atoms with Gasteiger partial charge in [0, 0.05) is 10.9 Å². The lowest BCUT2D eigenvalue weighted by Gasteiger charge is -2.13. The average Bonchev–Trinajstić information content (AvgIpc) is 2.53. The molecule has 0 spiro atoms. The molecule has 0 atom stereocenters. The number of hydrogen-bond donors (Lipinski definition) is 1. The van der Waals surface area contributed by atoms with Gasteiger partial charge in [-0.1, -0.05) is 17.7 Å². The number of carboxylic acid groups (broad SMARTS) is 1. The zero-order valence-electron chi connectivity index (χ0n) is 14.2. The number of pyridine rings is 1. The van der Waals surface area contributed by atoms with Gasteiger partial charge in [0.15, 0.2) is 0 Å². The molecule has 0 saturated carbocycles. The summed E-state index contributed by atoms with van der Waals surface area (Å²) in [5.74, 6) is -0.282. The molecule has 0 amide bonds. The molecule has 0 fully saturated rings. The first-order chi connectivity index (χ1) is 11.4. The van der Waals surface area contributed by atoms with Gasteiger partial charge in [-0.3, -0.25) is 0 Å². The highest BCUT2D eigenvalue weighted by atomic mass is 16.5. The van der Waals surface area contributed by atoms with E-state index in [1.165, 1.54) is 0 Å². The molecule has 0 saturated heterocycles. The zero-order valence-corrected chi connectivity index (χ0v) is 14.2.